The molecule has 0 atom stereocenters. The molecular formula is C13H8FN3O2S. The van der Waals surface area contributed by atoms with Crippen LogP contribution in [0, 0.1) is 5.82 Å². The predicted molar refractivity (Wildman–Crippen MR) is 70.5 cm³/mol. The van der Waals surface area contributed by atoms with Crippen LogP contribution in [0.15, 0.2) is 52.6 Å². The minimum absolute atomic E-state index is 0.347. The molecular weight excluding hydrogens is 281 g/mol. The molecule has 0 spiro atoms. The van der Waals surface area contributed by atoms with Gasteiger partial charge in [-0.25, -0.2) is 18.7 Å². The van der Waals surface area contributed by atoms with Gasteiger partial charge in [0.2, 0.25) is 0 Å². The summed E-state index contributed by atoms with van der Waals surface area (Å²) in [4.78, 5) is 15.9. The first-order valence-electron chi connectivity index (χ1n) is 5.64. The molecule has 0 radical (unpaired) electrons. The van der Waals surface area contributed by atoms with E-state index in [-0.39, 0.29) is 5.56 Å². The molecule has 3 rings (SSSR count). The maximum atomic E-state index is 13.3. The molecule has 0 fully saturated rings. The first-order chi connectivity index (χ1) is 9.63. The Bertz CT molecular complexity index is 803. The van der Waals surface area contributed by atoms with Crippen molar-refractivity contribution in [3.8, 4) is 0 Å². The van der Waals surface area contributed by atoms with Gasteiger partial charge in [-0.1, -0.05) is 11.8 Å². The third-order valence-electron chi connectivity index (χ3n) is 2.62. The minimum Gasteiger partial charge on any atom is -0.478 e. The molecule has 3 aromatic rings. The van der Waals surface area contributed by atoms with Gasteiger partial charge in [-0.05, 0) is 24.3 Å². The average Bonchev–Trinajstić information content (AvgIpc) is 2.88. The second-order valence-corrected chi connectivity index (χ2v) is 5.04. The predicted octanol–water partition coefficient (Wildman–Crippen LogP) is 2.72. The summed E-state index contributed by atoms with van der Waals surface area (Å²) in [6, 6.07) is 7.48. The highest BCUT2D eigenvalue weighted by Gasteiger charge is 2.11. The molecule has 0 amide bonds. The molecule has 0 saturated carbocycles. The molecule has 0 aliphatic rings. The molecule has 0 aliphatic heterocycles. The van der Waals surface area contributed by atoms with Gasteiger partial charge in [0.25, 0.3) is 0 Å². The Kier molecular flexibility index (Phi) is 3.11. The fourth-order valence-corrected chi connectivity index (χ4v) is 2.53. The molecule has 2 aromatic heterocycles. The number of aromatic carboxylic acids is 1. The van der Waals surface area contributed by atoms with Crippen LogP contribution >= 0.6 is 11.8 Å². The number of nitrogens with zero attached hydrogens (tertiary/aromatic N) is 3. The zero-order valence-electron chi connectivity index (χ0n) is 10.0. The molecule has 7 heteroatoms. The Hall–Kier alpha value is -2.41. The van der Waals surface area contributed by atoms with E-state index in [0.717, 1.165) is 6.07 Å². The SMILES string of the molecule is O=C(O)c1cc(Sc2ccn3nccc3n2)ccc1F. The van der Waals surface area contributed by atoms with E-state index in [0.29, 0.717) is 15.6 Å². The lowest BCUT2D eigenvalue weighted by atomic mass is 10.2. The smallest absolute Gasteiger partial charge is 0.338 e. The van der Waals surface area contributed by atoms with Crippen LogP contribution in [-0.2, 0) is 0 Å². The quantitative estimate of drug-likeness (QED) is 0.751. The van der Waals surface area contributed by atoms with Crippen LogP contribution in [0.4, 0.5) is 4.39 Å². The first-order valence-corrected chi connectivity index (χ1v) is 6.46. The highest BCUT2D eigenvalue weighted by Crippen LogP contribution is 2.27. The van der Waals surface area contributed by atoms with Gasteiger partial charge in [0.05, 0.1) is 11.8 Å². The summed E-state index contributed by atoms with van der Waals surface area (Å²) < 4.78 is 14.9. The van der Waals surface area contributed by atoms with Crippen LogP contribution in [0.5, 0.6) is 0 Å². The van der Waals surface area contributed by atoms with E-state index in [1.54, 1.807) is 29.0 Å². The van der Waals surface area contributed by atoms with Gasteiger partial charge in [-0.3, -0.25) is 0 Å². The van der Waals surface area contributed by atoms with Crippen molar-refractivity contribution >= 4 is 23.4 Å². The number of benzene rings is 1. The number of hydrogen-bond donors (Lipinski definition) is 1. The van der Waals surface area contributed by atoms with Crippen molar-refractivity contribution in [1.29, 1.82) is 0 Å². The van der Waals surface area contributed by atoms with Gasteiger partial charge in [0, 0.05) is 17.2 Å². The number of carboxylic acids is 1. The van der Waals surface area contributed by atoms with E-state index in [2.05, 4.69) is 10.1 Å². The van der Waals surface area contributed by atoms with Crippen LogP contribution in [0.2, 0.25) is 0 Å². The largest absolute Gasteiger partial charge is 0.478 e. The monoisotopic (exact) mass is 289 g/mol. The third kappa shape index (κ3) is 2.35. The molecule has 0 bridgehead atoms. The summed E-state index contributed by atoms with van der Waals surface area (Å²) in [6.07, 6.45) is 3.39. The number of halogens is 1. The van der Waals surface area contributed by atoms with Gasteiger partial charge >= 0.3 is 5.97 Å². The summed E-state index contributed by atoms with van der Waals surface area (Å²) in [7, 11) is 0. The second-order valence-electron chi connectivity index (χ2n) is 3.95. The van der Waals surface area contributed by atoms with Gasteiger partial charge in [0.1, 0.15) is 10.8 Å². The van der Waals surface area contributed by atoms with Gasteiger partial charge in [-0.2, -0.15) is 5.10 Å². The lowest BCUT2D eigenvalue weighted by Crippen LogP contribution is -2.00. The zero-order chi connectivity index (χ0) is 14.1. The Labute approximate surface area is 117 Å². The van der Waals surface area contributed by atoms with Crippen molar-refractivity contribution in [2.45, 2.75) is 9.92 Å². The van der Waals surface area contributed by atoms with Crippen LogP contribution in [-0.4, -0.2) is 25.7 Å². The fraction of sp³-hybridized carbons (Fsp3) is 0. The van der Waals surface area contributed by atoms with Gasteiger partial charge < -0.3 is 5.11 Å². The Balaban J connectivity index is 1.94. The Morgan fingerprint density at radius 2 is 2.15 bits per heavy atom. The summed E-state index contributed by atoms with van der Waals surface area (Å²) in [5.74, 6) is -2.04. The van der Waals surface area contributed by atoms with Crippen LogP contribution in [0.25, 0.3) is 5.65 Å². The van der Waals surface area contributed by atoms with E-state index in [1.807, 2.05) is 0 Å². The normalized spacial score (nSPS) is 10.8. The van der Waals surface area contributed by atoms with E-state index in [9.17, 15) is 9.18 Å². The number of carbonyl (C=O) groups is 1. The van der Waals surface area contributed by atoms with Crippen molar-refractivity contribution < 1.29 is 14.3 Å². The molecule has 1 aromatic carbocycles. The molecule has 100 valence electrons. The standard InChI is InChI=1S/C13H8FN3O2S/c14-10-2-1-8(7-9(10)13(18)19)20-12-4-6-17-11(16-12)3-5-15-17/h1-7H,(H,18,19). The van der Waals surface area contributed by atoms with E-state index < -0.39 is 11.8 Å². The number of aromatic nitrogens is 3. The maximum absolute atomic E-state index is 13.3. The van der Waals surface area contributed by atoms with Crippen LogP contribution in [0.3, 0.4) is 0 Å². The summed E-state index contributed by atoms with van der Waals surface area (Å²) >= 11 is 1.26. The third-order valence-corrected chi connectivity index (χ3v) is 3.55. The zero-order valence-corrected chi connectivity index (χ0v) is 10.8. The Morgan fingerprint density at radius 1 is 1.30 bits per heavy atom. The highest BCUT2D eigenvalue weighted by molar-refractivity contribution is 7.99. The van der Waals surface area contributed by atoms with Crippen LogP contribution < -0.4 is 0 Å². The topological polar surface area (TPSA) is 67.5 Å². The molecule has 5 nitrogen and oxygen atoms in total. The molecule has 0 aliphatic carbocycles. The minimum atomic E-state index is -1.29. The molecule has 1 N–H and O–H groups in total. The average molecular weight is 289 g/mol. The Morgan fingerprint density at radius 3 is 2.95 bits per heavy atom. The van der Waals surface area contributed by atoms with Crippen molar-refractivity contribution in [2.24, 2.45) is 0 Å². The van der Waals surface area contributed by atoms with Gasteiger partial charge in [-0.15, -0.1) is 0 Å². The number of rotatable bonds is 3. The fourth-order valence-electron chi connectivity index (χ4n) is 1.70. The maximum Gasteiger partial charge on any atom is 0.338 e. The first kappa shape index (κ1) is 12.6. The van der Waals surface area contributed by atoms with Gasteiger partial charge in [0.15, 0.2) is 5.65 Å². The number of carboxylic acid groups (broad SMARTS) is 1. The van der Waals surface area contributed by atoms with Crippen molar-refractivity contribution in [3.05, 3.63) is 54.1 Å². The molecule has 20 heavy (non-hydrogen) atoms. The van der Waals surface area contributed by atoms with E-state index in [4.69, 9.17) is 5.11 Å². The molecule has 0 unspecified atom stereocenters. The number of hydrogen-bond acceptors (Lipinski definition) is 4. The van der Waals surface area contributed by atoms with Crippen molar-refractivity contribution in [2.75, 3.05) is 0 Å². The highest BCUT2D eigenvalue weighted by atomic mass is 32.2. The van der Waals surface area contributed by atoms with Crippen molar-refractivity contribution in [3.63, 3.8) is 0 Å². The van der Waals surface area contributed by atoms with E-state index in [1.165, 1.54) is 23.9 Å². The summed E-state index contributed by atoms with van der Waals surface area (Å²) in [5.41, 5.74) is 0.344. The molecule has 2 heterocycles. The summed E-state index contributed by atoms with van der Waals surface area (Å²) in [5, 5.41) is 13.6. The second kappa shape index (κ2) is 4.93. The van der Waals surface area contributed by atoms with E-state index >= 15 is 0 Å². The summed E-state index contributed by atoms with van der Waals surface area (Å²) in [6.45, 7) is 0. The number of fused-ring (bicyclic) bond motifs is 1. The van der Waals surface area contributed by atoms with Crippen LogP contribution in [0.1, 0.15) is 10.4 Å². The molecule has 0 saturated heterocycles. The lowest BCUT2D eigenvalue weighted by Gasteiger charge is -2.03. The van der Waals surface area contributed by atoms with Crippen molar-refractivity contribution in [1.82, 2.24) is 14.6 Å². The lowest BCUT2D eigenvalue weighted by molar-refractivity contribution is 0.0691.